The molecule has 0 spiro atoms. The first-order valence-electron chi connectivity index (χ1n) is 11.2. The van der Waals surface area contributed by atoms with E-state index in [-0.39, 0.29) is 12.0 Å². The van der Waals surface area contributed by atoms with Crippen LogP contribution in [0, 0.1) is 0 Å². The molecule has 0 unspecified atom stereocenters. The molecule has 0 aliphatic carbocycles. The van der Waals surface area contributed by atoms with E-state index in [2.05, 4.69) is 60.7 Å². The summed E-state index contributed by atoms with van der Waals surface area (Å²) in [4.78, 5) is 14.7. The van der Waals surface area contributed by atoms with Crippen LogP contribution < -0.4 is 10.1 Å². The minimum absolute atomic E-state index is 0.0310. The monoisotopic (exact) mass is 420 g/mol. The third kappa shape index (κ3) is 5.54. The number of carbonyl (C=O) groups excluding carboxylic acids is 1. The number of benzene rings is 2. The molecular formula is C26H32N2O3. The third-order valence-electron chi connectivity index (χ3n) is 5.87. The Hall–Kier alpha value is -2.63. The van der Waals surface area contributed by atoms with Crippen molar-refractivity contribution in [1.29, 1.82) is 0 Å². The van der Waals surface area contributed by atoms with Crippen molar-refractivity contribution in [1.82, 2.24) is 10.2 Å². The van der Waals surface area contributed by atoms with Gasteiger partial charge in [0.05, 0.1) is 12.5 Å². The molecule has 4 rings (SSSR count). The lowest BCUT2D eigenvalue weighted by Crippen LogP contribution is -2.32. The van der Waals surface area contributed by atoms with Gasteiger partial charge in [-0.05, 0) is 67.8 Å². The molecule has 0 radical (unpaired) electrons. The number of fused-ring (bicyclic) bond motifs is 2. The zero-order chi connectivity index (χ0) is 21.6. The number of amides is 1. The van der Waals surface area contributed by atoms with Crippen LogP contribution in [0.1, 0.15) is 41.5 Å². The highest BCUT2D eigenvalue weighted by molar-refractivity contribution is 5.86. The van der Waals surface area contributed by atoms with Crippen LogP contribution in [0.15, 0.2) is 48.5 Å². The molecule has 1 saturated heterocycles. The van der Waals surface area contributed by atoms with Gasteiger partial charge in [0.25, 0.3) is 0 Å². The molecule has 2 aliphatic rings. The number of nitrogens with one attached hydrogen (secondary N) is 1. The number of nitrogens with zero attached hydrogens (tertiary/aromatic N) is 1. The van der Waals surface area contributed by atoms with Crippen molar-refractivity contribution in [3.63, 3.8) is 0 Å². The van der Waals surface area contributed by atoms with Gasteiger partial charge in [-0.15, -0.1) is 0 Å². The Balaban J connectivity index is 1.56. The van der Waals surface area contributed by atoms with Crippen molar-refractivity contribution >= 4 is 11.5 Å². The van der Waals surface area contributed by atoms with Crippen LogP contribution in [0.5, 0.6) is 5.75 Å². The Bertz CT molecular complexity index is 945. The molecule has 1 N–H and O–H groups in total. The highest BCUT2D eigenvalue weighted by atomic mass is 16.5. The fraction of sp³-hybridized carbons (Fsp3) is 0.423. The summed E-state index contributed by atoms with van der Waals surface area (Å²) in [7, 11) is 4.17. The summed E-state index contributed by atoms with van der Waals surface area (Å²) >= 11 is 0. The molecule has 1 amide bonds. The molecule has 31 heavy (non-hydrogen) atoms. The maximum atomic E-state index is 12.5. The summed E-state index contributed by atoms with van der Waals surface area (Å²) in [5, 5.41) is 3.02. The smallest absolute Gasteiger partial charge is 0.224 e. The molecular weight excluding hydrogens is 388 g/mol. The van der Waals surface area contributed by atoms with E-state index < -0.39 is 0 Å². The van der Waals surface area contributed by atoms with Crippen molar-refractivity contribution in [3.05, 3.63) is 70.8 Å². The van der Waals surface area contributed by atoms with Gasteiger partial charge in [0.2, 0.25) is 5.91 Å². The number of carbonyl (C=O) groups is 1. The Kier molecular flexibility index (Phi) is 7.05. The van der Waals surface area contributed by atoms with E-state index in [4.69, 9.17) is 9.47 Å². The highest BCUT2D eigenvalue weighted by Crippen LogP contribution is 2.37. The summed E-state index contributed by atoms with van der Waals surface area (Å²) < 4.78 is 11.7. The van der Waals surface area contributed by atoms with Gasteiger partial charge >= 0.3 is 0 Å². The summed E-state index contributed by atoms with van der Waals surface area (Å²) in [5.74, 6) is 0.902. The van der Waals surface area contributed by atoms with E-state index in [9.17, 15) is 4.79 Å². The van der Waals surface area contributed by atoms with E-state index in [1.54, 1.807) is 0 Å². The molecule has 164 valence electrons. The largest absolute Gasteiger partial charge is 0.488 e. The molecule has 2 aromatic carbocycles. The average molecular weight is 421 g/mol. The first-order valence-corrected chi connectivity index (χ1v) is 11.2. The second kappa shape index (κ2) is 10.1. The second-order valence-corrected chi connectivity index (χ2v) is 8.60. The summed E-state index contributed by atoms with van der Waals surface area (Å²) in [6, 6.07) is 14.5. The van der Waals surface area contributed by atoms with Crippen LogP contribution in [-0.4, -0.2) is 50.7 Å². The Morgan fingerprint density at radius 3 is 2.87 bits per heavy atom. The molecule has 2 aliphatic heterocycles. The molecule has 5 heteroatoms. The maximum absolute atomic E-state index is 12.5. The van der Waals surface area contributed by atoms with Crippen molar-refractivity contribution in [2.45, 2.75) is 38.4 Å². The standard InChI is InChI=1S/C26H32N2O3/c1-28(2)13-5-10-23-22-9-4-3-7-20(22)18-31-25-12-11-19(15-24(23)25)16-26(29)27-17-21-8-6-14-30-21/h3-4,7,9-12,15,21H,5-6,8,13-14,16-18H2,1-2H3,(H,27,29)/b23-10-/t21-/m0/s1. The topological polar surface area (TPSA) is 50.8 Å². The molecule has 1 atom stereocenters. The van der Waals surface area contributed by atoms with E-state index in [0.717, 1.165) is 49.3 Å². The lowest BCUT2D eigenvalue weighted by atomic mass is 9.92. The fourth-order valence-corrected chi connectivity index (χ4v) is 4.20. The molecule has 2 heterocycles. The van der Waals surface area contributed by atoms with Gasteiger partial charge in [-0.3, -0.25) is 4.79 Å². The lowest BCUT2D eigenvalue weighted by Gasteiger charge is -2.14. The van der Waals surface area contributed by atoms with E-state index in [1.165, 1.54) is 16.7 Å². The first-order chi connectivity index (χ1) is 15.1. The maximum Gasteiger partial charge on any atom is 0.224 e. The van der Waals surface area contributed by atoms with Crippen LogP contribution in [0.2, 0.25) is 0 Å². The minimum atomic E-state index is 0.0310. The second-order valence-electron chi connectivity index (χ2n) is 8.60. The third-order valence-corrected chi connectivity index (χ3v) is 5.87. The summed E-state index contributed by atoms with van der Waals surface area (Å²) in [6.07, 6.45) is 5.86. The SMILES string of the molecule is CN(C)CC/C=C1/c2ccccc2COc2ccc(CC(=O)NC[C@@H]3CCCO3)cc21. The summed E-state index contributed by atoms with van der Waals surface area (Å²) in [5.41, 5.74) is 5.63. The fourth-order valence-electron chi connectivity index (χ4n) is 4.20. The van der Waals surface area contributed by atoms with Gasteiger partial charge in [0, 0.05) is 25.3 Å². The Morgan fingerprint density at radius 2 is 2.06 bits per heavy atom. The number of rotatable bonds is 7. The molecule has 0 saturated carbocycles. The van der Waals surface area contributed by atoms with Crippen LogP contribution >= 0.6 is 0 Å². The molecule has 5 nitrogen and oxygen atoms in total. The first kappa shape index (κ1) is 21.6. The van der Waals surface area contributed by atoms with Gasteiger partial charge in [-0.25, -0.2) is 0 Å². The van der Waals surface area contributed by atoms with Crippen LogP contribution in [-0.2, 0) is 22.6 Å². The van der Waals surface area contributed by atoms with Crippen molar-refractivity contribution in [2.24, 2.45) is 0 Å². The predicted molar refractivity (Wildman–Crippen MR) is 123 cm³/mol. The zero-order valence-electron chi connectivity index (χ0n) is 18.5. The van der Waals surface area contributed by atoms with Crippen molar-refractivity contribution in [3.8, 4) is 5.75 Å². The van der Waals surface area contributed by atoms with Crippen molar-refractivity contribution < 1.29 is 14.3 Å². The highest BCUT2D eigenvalue weighted by Gasteiger charge is 2.20. The van der Waals surface area contributed by atoms with Crippen LogP contribution in [0.3, 0.4) is 0 Å². The molecule has 0 bridgehead atoms. The normalized spacial score (nSPS) is 18.9. The number of hydrogen-bond acceptors (Lipinski definition) is 4. The van der Waals surface area contributed by atoms with Crippen molar-refractivity contribution in [2.75, 3.05) is 33.8 Å². The van der Waals surface area contributed by atoms with Gasteiger partial charge in [-0.1, -0.05) is 36.4 Å². The lowest BCUT2D eigenvalue weighted by molar-refractivity contribution is -0.120. The molecule has 1 fully saturated rings. The number of hydrogen-bond donors (Lipinski definition) is 1. The van der Waals surface area contributed by atoms with Gasteiger partial charge in [-0.2, -0.15) is 0 Å². The van der Waals surface area contributed by atoms with E-state index >= 15 is 0 Å². The van der Waals surface area contributed by atoms with Crippen LogP contribution in [0.25, 0.3) is 5.57 Å². The Labute approximate surface area is 185 Å². The zero-order valence-corrected chi connectivity index (χ0v) is 18.5. The van der Waals surface area contributed by atoms with E-state index in [1.807, 2.05) is 12.1 Å². The predicted octanol–water partition coefficient (Wildman–Crippen LogP) is 3.80. The van der Waals surface area contributed by atoms with Gasteiger partial charge in [0.15, 0.2) is 0 Å². The van der Waals surface area contributed by atoms with Gasteiger partial charge < -0.3 is 19.7 Å². The van der Waals surface area contributed by atoms with Crippen LogP contribution in [0.4, 0.5) is 0 Å². The summed E-state index contributed by atoms with van der Waals surface area (Å²) in [6.45, 7) is 2.92. The average Bonchev–Trinajstić information content (AvgIpc) is 3.23. The Morgan fingerprint density at radius 1 is 1.19 bits per heavy atom. The quantitative estimate of drug-likeness (QED) is 0.740. The molecule has 0 aromatic heterocycles. The van der Waals surface area contributed by atoms with Gasteiger partial charge in [0.1, 0.15) is 12.4 Å². The minimum Gasteiger partial charge on any atom is -0.488 e. The van der Waals surface area contributed by atoms with E-state index in [0.29, 0.717) is 19.6 Å². The number of ether oxygens (including phenoxy) is 2. The molecule has 2 aromatic rings.